The first kappa shape index (κ1) is 19.1. The van der Waals surface area contributed by atoms with Gasteiger partial charge in [-0.15, -0.1) is 0 Å². The zero-order valence-electron chi connectivity index (χ0n) is 15.8. The van der Waals surface area contributed by atoms with Gasteiger partial charge in [0.05, 0.1) is 10.5 Å². The lowest BCUT2D eigenvalue weighted by atomic mass is 10.2. The molecule has 0 saturated carbocycles. The van der Waals surface area contributed by atoms with Crippen molar-refractivity contribution in [3.05, 3.63) is 44.7 Å². The predicted molar refractivity (Wildman–Crippen MR) is 117 cm³/mol. The molecule has 2 fully saturated rings. The minimum atomic E-state index is -0.273. The molecule has 2 aliphatic heterocycles. The topological polar surface area (TPSA) is 70.0 Å². The van der Waals surface area contributed by atoms with E-state index >= 15 is 0 Å². The summed E-state index contributed by atoms with van der Waals surface area (Å²) in [4.78, 5) is 35.2. The van der Waals surface area contributed by atoms with Crippen LogP contribution >= 0.6 is 24.0 Å². The van der Waals surface area contributed by atoms with E-state index in [1.54, 1.807) is 16.7 Å². The fraction of sp³-hybridized carbons (Fsp3) is 0.368. The van der Waals surface area contributed by atoms with Gasteiger partial charge in [0.1, 0.15) is 15.8 Å². The second kappa shape index (κ2) is 7.65. The minimum Gasteiger partial charge on any atom is -0.353 e. The second-order valence-corrected chi connectivity index (χ2v) is 8.53. The molecule has 1 N–H and O–H groups in total. The van der Waals surface area contributed by atoms with Crippen LogP contribution in [0.25, 0.3) is 11.7 Å². The van der Waals surface area contributed by atoms with E-state index < -0.39 is 0 Å². The highest BCUT2D eigenvalue weighted by atomic mass is 32.2. The lowest BCUT2D eigenvalue weighted by molar-refractivity contribution is -0.115. The molecule has 4 rings (SSSR count). The number of carbonyl (C=O) groups excluding carboxylic acids is 1. The van der Waals surface area contributed by atoms with E-state index in [-0.39, 0.29) is 11.5 Å². The number of amides is 1. The van der Waals surface area contributed by atoms with Gasteiger partial charge in [0.25, 0.3) is 11.5 Å². The number of nitrogens with one attached hydrogen (secondary N) is 1. The Hall–Kier alpha value is -2.23. The van der Waals surface area contributed by atoms with Gasteiger partial charge in [-0.2, -0.15) is 0 Å². The van der Waals surface area contributed by atoms with E-state index in [2.05, 4.69) is 22.0 Å². The maximum absolute atomic E-state index is 13.3. The number of pyridine rings is 1. The van der Waals surface area contributed by atoms with E-state index in [4.69, 9.17) is 17.2 Å². The van der Waals surface area contributed by atoms with Crippen LogP contribution in [0, 0.1) is 6.92 Å². The molecule has 0 spiro atoms. The normalized spacial score (nSPS) is 19.6. The van der Waals surface area contributed by atoms with Crippen molar-refractivity contribution < 1.29 is 4.79 Å². The molecule has 2 aromatic rings. The number of aromatic nitrogens is 2. The number of hydrogen-bond acceptors (Lipinski definition) is 7. The number of rotatable bonds is 3. The summed E-state index contributed by atoms with van der Waals surface area (Å²) in [5.74, 6) is 0.360. The van der Waals surface area contributed by atoms with E-state index in [1.807, 2.05) is 19.1 Å². The quantitative estimate of drug-likeness (QED) is 0.604. The van der Waals surface area contributed by atoms with Crippen molar-refractivity contribution >= 4 is 51.7 Å². The molecule has 7 nitrogen and oxygen atoms in total. The minimum absolute atomic E-state index is 0.180. The summed E-state index contributed by atoms with van der Waals surface area (Å²) in [5.41, 5.74) is 1.82. The molecule has 1 amide bonds. The summed E-state index contributed by atoms with van der Waals surface area (Å²) >= 11 is 6.25. The van der Waals surface area contributed by atoms with Gasteiger partial charge in [-0.05, 0) is 31.2 Å². The zero-order valence-corrected chi connectivity index (χ0v) is 17.4. The first-order valence-corrected chi connectivity index (χ1v) is 10.4. The molecular formula is C19H21N5O2S2. The number of aryl methyl sites for hydroxylation is 1. The third-order valence-electron chi connectivity index (χ3n) is 5.10. The van der Waals surface area contributed by atoms with Gasteiger partial charge in [0.2, 0.25) is 0 Å². The van der Waals surface area contributed by atoms with Crippen LogP contribution in [0.2, 0.25) is 0 Å². The van der Waals surface area contributed by atoms with Gasteiger partial charge in [-0.1, -0.05) is 37.0 Å². The number of thioether (sulfide) groups is 1. The molecule has 2 aromatic heterocycles. The molecule has 4 heterocycles. The van der Waals surface area contributed by atoms with Crippen LogP contribution in [0.1, 0.15) is 18.1 Å². The van der Waals surface area contributed by atoms with Gasteiger partial charge in [0.15, 0.2) is 0 Å². The van der Waals surface area contributed by atoms with E-state index in [0.29, 0.717) is 26.3 Å². The van der Waals surface area contributed by atoms with E-state index in [0.717, 1.165) is 38.3 Å². The Morgan fingerprint density at radius 1 is 1.29 bits per heavy atom. The van der Waals surface area contributed by atoms with Gasteiger partial charge < -0.3 is 15.1 Å². The zero-order chi connectivity index (χ0) is 19.8. The Balaban J connectivity index is 1.88. The van der Waals surface area contributed by atoms with Crippen molar-refractivity contribution in [1.82, 2.24) is 19.6 Å². The van der Waals surface area contributed by atoms with Gasteiger partial charge in [0, 0.05) is 32.4 Å². The van der Waals surface area contributed by atoms with E-state index in [9.17, 15) is 9.59 Å². The number of hydrogen-bond donors (Lipinski definition) is 1. The highest BCUT2D eigenvalue weighted by molar-refractivity contribution is 8.26. The lowest BCUT2D eigenvalue weighted by Gasteiger charge is -2.35. The molecule has 2 saturated heterocycles. The van der Waals surface area contributed by atoms with Crippen molar-refractivity contribution in [2.75, 3.05) is 37.6 Å². The van der Waals surface area contributed by atoms with Crippen LogP contribution in [0.3, 0.4) is 0 Å². The largest absolute Gasteiger partial charge is 0.353 e. The van der Waals surface area contributed by atoms with E-state index in [1.165, 1.54) is 11.8 Å². The van der Waals surface area contributed by atoms with Crippen molar-refractivity contribution in [1.29, 1.82) is 0 Å². The van der Waals surface area contributed by atoms with Crippen LogP contribution in [0.15, 0.2) is 28.0 Å². The molecule has 0 aromatic carbocycles. The average Bonchev–Trinajstić information content (AvgIpc) is 3.01. The maximum atomic E-state index is 13.3. The Morgan fingerprint density at radius 3 is 2.68 bits per heavy atom. The number of anilines is 1. The molecule has 2 aliphatic rings. The Morgan fingerprint density at radius 2 is 2.04 bits per heavy atom. The molecule has 9 heteroatoms. The highest BCUT2D eigenvalue weighted by Gasteiger charge is 2.26. The number of nitrogens with zero attached hydrogens (tertiary/aromatic N) is 4. The predicted octanol–water partition coefficient (Wildman–Crippen LogP) is 1.63. The molecule has 0 unspecified atom stereocenters. The third kappa shape index (κ3) is 3.45. The maximum Gasteiger partial charge on any atom is 0.267 e. The smallest absolute Gasteiger partial charge is 0.267 e. The number of carbonyl (C=O) groups is 1. The summed E-state index contributed by atoms with van der Waals surface area (Å²) in [6.07, 6.45) is 3.34. The van der Waals surface area contributed by atoms with Crippen molar-refractivity contribution in [3.63, 3.8) is 0 Å². The summed E-state index contributed by atoms with van der Waals surface area (Å²) in [7, 11) is 0. The SMILES string of the molecule is CCN1CCN(c2nc3c(C)cccn3c(=O)c2C=C2SC(=S)NC2=O)CC1. The summed E-state index contributed by atoms with van der Waals surface area (Å²) in [6, 6.07) is 3.77. The fourth-order valence-corrected chi connectivity index (χ4v) is 4.52. The molecule has 146 valence electrons. The fourth-order valence-electron chi connectivity index (χ4n) is 3.50. The van der Waals surface area contributed by atoms with Crippen LogP contribution in [-0.4, -0.2) is 57.2 Å². The van der Waals surface area contributed by atoms with Crippen molar-refractivity contribution in [2.24, 2.45) is 0 Å². The third-order valence-corrected chi connectivity index (χ3v) is 6.26. The molecular weight excluding hydrogens is 394 g/mol. The van der Waals surface area contributed by atoms with Gasteiger partial charge in [-0.25, -0.2) is 4.98 Å². The number of piperazine rings is 1. The molecule has 0 atom stereocenters. The van der Waals surface area contributed by atoms with Crippen LogP contribution in [0.4, 0.5) is 5.82 Å². The lowest BCUT2D eigenvalue weighted by Crippen LogP contribution is -2.47. The number of thiocarbonyl (C=S) groups is 1. The first-order chi connectivity index (χ1) is 13.5. The van der Waals surface area contributed by atoms with Gasteiger partial charge >= 0.3 is 0 Å². The van der Waals surface area contributed by atoms with Gasteiger partial charge in [-0.3, -0.25) is 14.0 Å². The number of likely N-dealkylation sites (N-methyl/N-ethyl adjacent to an activating group) is 1. The van der Waals surface area contributed by atoms with Crippen molar-refractivity contribution in [2.45, 2.75) is 13.8 Å². The Labute approximate surface area is 172 Å². The molecule has 28 heavy (non-hydrogen) atoms. The molecule has 0 bridgehead atoms. The standard InChI is InChI=1S/C19H21N5O2S2/c1-3-22-7-9-23(10-8-22)16-13(11-14-17(25)21-19(27)28-14)18(26)24-6-4-5-12(2)15(24)20-16/h4-6,11H,3,7-10H2,1-2H3,(H,21,25,27). The van der Waals surface area contributed by atoms with Crippen LogP contribution in [-0.2, 0) is 4.79 Å². The molecule has 0 radical (unpaired) electrons. The molecule has 0 aliphatic carbocycles. The first-order valence-electron chi connectivity index (χ1n) is 9.22. The number of fused-ring (bicyclic) bond motifs is 1. The van der Waals surface area contributed by atoms with Crippen LogP contribution < -0.4 is 15.8 Å². The summed E-state index contributed by atoms with van der Waals surface area (Å²) < 4.78 is 1.95. The monoisotopic (exact) mass is 415 g/mol. The highest BCUT2D eigenvalue weighted by Crippen LogP contribution is 2.28. The Kier molecular flexibility index (Phi) is 5.22. The average molecular weight is 416 g/mol. The van der Waals surface area contributed by atoms with Crippen molar-refractivity contribution in [3.8, 4) is 0 Å². The Bertz CT molecular complexity index is 1050. The van der Waals surface area contributed by atoms with Crippen LogP contribution in [0.5, 0.6) is 0 Å². The summed E-state index contributed by atoms with van der Waals surface area (Å²) in [5, 5.41) is 2.60. The second-order valence-electron chi connectivity index (χ2n) is 6.81. The summed E-state index contributed by atoms with van der Waals surface area (Å²) in [6.45, 7) is 8.51.